The predicted octanol–water partition coefficient (Wildman–Crippen LogP) is 3.18. The van der Waals surface area contributed by atoms with Crippen LogP contribution >= 0.6 is 12.2 Å². The summed E-state index contributed by atoms with van der Waals surface area (Å²) in [5.41, 5.74) is 1.66. The Morgan fingerprint density at radius 1 is 1.19 bits per heavy atom. The number of methoxy groups -OCH3 is 1. The molecule has 0 atom stereocenters. The van der Waals surface area contributed by atoms with Gasteiger partial charge in [-0.25, -0.2) is 0 Å². The number of ether oxygens (including phenoxy) is 2. The Morgan fingerprint density at radius 2 is 2.00 bits per heavy atom. The van der Waals surface area contributed by atoms with Crippen LogP contribution in [0.1, 0.15) is 0 Å². The van der Waals surface area contributed by atoms with Gasteiger partial charge in [0.15, 0.2) is 10.4 Å². The predicted molar refractivity (Wildman–Crippen MR) is 83.4 cm³/mol. The maximum Gasteiger partial charge on any atom is 0.215 e. The second-order valence-electron chi connectivity index (χ2n) is 4.47. The molecule has 3 rings (SSSR count). The van der Waals surface area contributed by atoms with Crippen molar-refractivity contribution in [3.63, 3.8) is 0 Å². The van der Waals surface area contributed by atoms with Crippen LogP contribution in [0.5, 0.6) is 11.6 Å². The molecule has 0 fully saturated rings. The summed E-state index contributed by atoms with van der Waals surface area (Å²) in [5, 5.41) is 0. The summed E-state index contributed by atoms with van der Waals surface area (Å²) in [6.45, 7) is 1.14. The van der Waals surface area contributed by atoms with Crippen LogP contribution in [0.15, 0.2) is 42.5 Å². The minimum Gasteiger partial charge on any atom is -0.492 e. The van der Waals surface area contributed by atoms with E-state index in [1.54, 1.807) is 13.2 Å². The number of aromatic nitrogens is 3. The van der Waals surface area contributed by atoms with E-state index < -0.39 is 0 Å². The molecule has 1 aromatic carbocycles. The molecule has 0 spiro atoms. The van der Waals surface area contributed by atoms with E-state index in [2.05, 4.69) is 9.97 Å². The van der Waals surface area contributed by atoms with Gasteiger partial charge in [0, 0.05) is 6.07 Å². The van der Waals surface area contributed by atoms with E-state index in [4.69, 9.17) is 21.7 Å². The van der Waals surface area contributed by atoms with Gasteiger partial charge in [-0.1, -0.05) is 18.2 Å². The summed E-state index contributed by atoms with van der Waals surface area (Å²) in [5.74, 6) is 1.41. The summed E-state index contributed by atoms with van der Waals surface area (Å²) >= 11 is 5.33. The SMILES string of the molecule is COc1ccc2[nH]c(=S)n(CCOc3ccccc3)c2n1. The fourth-order valence-electron chi connectivity index (χ4n) is 2.11. The highest BCUT2D eigenvalue weighted by atomic mass is 32.1. The number of hydrogen-bond donors (Lipinski definition) is 1. The van der Waals surface area contributed by atoms with E-state index in [-0.39, 0.29) is 0 Å². The van der Waals surface area contributed by atoms with Crippen LogP contribution < -0.4 is 9.47 Å². The van der Waals surface area contributed by atoms with Gasteiger partial charge in [-0.2, -0.15) is 4.98 Å². The Kier molecular flexibility index (Phi) is 3.87. The topological polar surface area (TPSA) is 52.1 Å². The first-order valence-electron chi connectivity index (χ1n) is 6.59. The zero-order valence-corrected chi connectivity index (χ0v) is 12.4. The number of rotatable bonds is 5. The van der Waals surface area contributed by atoms with E-state index in [1.165, 1.54) is 0 Å². The van der Waals surface area contributed by atoms with Crippen LogP contribution in [0.4, 0.5) is 0 Å². The zero-order chi connectivity index (χ0) is 14.7. The zero-order valence-electron chi connectivity index (χ0n) is 11.6. The number of benzene rings is 1. The number of hydrogen-bond acceptors (Lipinski definition) is 4. The lowest BCUT2D eigenvalue weighted by Gasteiger charge is -2.07. The van der Waals surface area contributed by atoms with Crippen molar-refractivity contribution in [3.8, 4) is 11.6 Å². The fraction of sp³-hybridized carbons (Fsp3) is 0.200. The summed E-state index contributed by atoms with van der Waals surface area (Å²) < 4.78 is 13.4. The Labute approximate surface area is 127 Å². The summed E-state index contributed by atoms with van der Waals surface area (Å²) in [4.78, 5) is 7.56. The van der Waals surface area contributed by atoms with Gasteiger partial charge in [0.1, 0.15) is 12.4 Å². The molecule has 3 aromatic rings. The minimum atomic E-state index is 0.518. The molecule has 0 aliphatic carbocycles. The van der Waals surface area contributed by atoms with Crippen LogP contribution in [-0.4, -0.2) is 28.3 Å². The van der Waals surface area contributed by atoms with Crippen LogP contribution in [0, 0.1) is 4.77 Å². The maximum absolute atomic E-state index is 5.70. The van der Waals surface area contributed by atoms with E-state index in [1.807, 2.05) is 41.0 Å². The largest absolute Gasteiger partial charge is 0.492 e. The average molecular weight is 301 g/mol. The lowest BCUT2D eigenvalue weighted by Crippen LogP contribution is -2.09. The van der Waals surface area contributed by atoms with Crippen molar-refractivity contribution in [2.75, 3.05) is 13.7 Å². The second kappa shape index (κ2) is 5.97. The third kappa shape index (κ3) is 2.90. The molecule has 0 aliphatic heterocycles. The van der Waals surface area contributed by atoms with Crippen molar-refractivity contribution in [1.82, 2.24) is 14.5 Å². The molecule has 0 saturated heterocycles. The van der Waals surface area contributed by atoms with E-state index in [9.17, 15) is 0 Å². The van der Waals surface area contributed by atoms with Gasteiger partial charge in [0.05, 0.1) is 19.2 Å². The Morgan fingerprint density at radius 3 is 2.76 bits per heavy atom. The molecule has 1 N–H and O–H groups in total. The number of nitrogens with zero attached hydrogens (tertiary/aromatic N) is 2. The highest BCUT2D eigenvalue weighted by Crippen LogP contribution is 2.16. The van der Waals surface area contributed by atoms with Gasteiger partial charge < -0.3 is 14.5 Å². The third-order valence-electron chi connectivity index (χ3n) is 3.13. The van der Waals surface area contributed by atoms with Crippen LogP contribution in [-0.2, 0) is 6.54 Å². The highest BCUT2D eigenvalue weighted by molar-refractivity contribution is 7.71. The molecule has 5 nitrogen and oxygen atoms in total. The van der Waals surface area contributed by atoms with Crippen molar-refractivity contribution >= 4 is 23.4 Å². The standard InChI is InChI=1S/C15H15N3O2S/c1-19-13-8-7-12-14(17-13)18(15(21)16-12)9-10-20-11-5-3-2-4-6-11/h2-8H,9-10H2,1H3,(H,16,21). The van der Waals surface area contributed by atoms with Crippen molar-refractivity contribution in [2.24, 2.45) is 0 Å². The van der Waals surface area contributed by atoms with Gasteiger partial charge in [0.25, 0.3) is 0 Å². The van der Waals surface area contributed by atoms with E-state index in [0.717, 1.165) is 16.9 Å². The number of para-hydroxylation sites is 1. The highest BCUT2D eigenvalue weighted by Gasteiger charge is 2.07. The molecule has 0 unspecified atom stereocenters. The van der Waals surface area contributed by atoms with Gasteiger partial charge >= 0.3 is 0 Å². The first-order valence-corrected chi connectivity index (χ1v) is 7.00. The third-order valence-corrected chi connectivity index (χ3v) is 3.45. The quantitative estimate of drug-likeness (QED) is 0.735. The lowest BCUT2D eigenvalue weighted by atomic mass is 10.3. The van der Waals surface area contributed by atoms with E-state index >= 15 is 0 Å². The first kappa shape index (κ1) is 13.6. The van der Waals surface area contributed by atoms with Crippen LogP contribution in [0.2, 0.25) is 0 Å². The van der Waals surface area contributed by atoms with Gasteiger partial charge in [-0.15, -0.1) is 0 Å². The lowest BCUT2D eigenvalue weighted by molar-refractivity contribution is 0.299. The number of aromatic amines is 1. The molecule has 0 amide bonds. The Bertz CT molecular complexity index is 796. The molecule has 6 heteroatoms. The van der Waals surface area contributed by atoms with Crippen molar-refractivity contribution in [3.05, 3.63) is 47.2 Å². The van der Waals surface area contributed by atoms with Crippen molar-refractivity contribution in [1.29, 1.82) is 0 Å². The Hall–Kier alpha value is -2.34. The summed E-state index contributed by atoms with van der Waals surface area (Å²) in [7, 11) is 1.60. The number of fused-ring (bicyclic) bond motifs is 1. The normalized spacial score (nSPS) is 10.7. The molecular weight excluding hydrogens is 286 g/mol. The minimum absolute atomic E-state index is 0.518. The second-order valence-corrected chi connectivity index (χ2v) is 4.85. The maximum atomic E-state index is 5.70. The average Bonchev–Trinajstić information content (AvgIpc) is 2.83. The van der Waals surface area contributed by atoms with Crippen molar-refractivity contribution in [2.45, 2.75) is 6.54 Å². The smallest absolute Gasteiger partial charge is 0.215 e. The number of imidazole rings is 1. The monoisotopic (exact) mass is 301 g/mol. The Balaban J connectivity index is 1.80. The molecule has 0 saturated carbocycles. The molecule has 0 aliphatic rings. The summed E-state index contributed by atoms with van der Waals surface area (Å²) in [6, 6.07) is 13.4. The van der Waals surface area contributed by atoms with Gasteiger partial charge in [0.2, 0.25) is 5.88 Å². The molecule has 108 valence electrons. The molecule has 21 heavy (non-hydrogen) atoms. The summed E-state index contributed by atoms with van der Waals surface area (Å²) in [6.07, 6.45) is 0. The molecule has 2 aromatic heterocycles. The van der Waals surface area contributed by atoms with E-state index in [0.29, 0.717) is 23.8 Å². The molecule has 2 heterocycles. The number of nitrogens with one attached hydrogen (secondary N) is 1. The van der Waals surface area contributed by atoms with Gasteiger partial charge in [-0.3, -0.25) is 4.57 Å². The number of H-pyrrole nitrogens is 1. The fourth-order valence-corrected chi connectivity index (χ4v) is 2.39. The molecular formula is C15H15N3O2S. The molecule has 0 bridgehead atoms. The van der Waals surface area contributed by atoms with Crippen molar-refractivity contribution < 1.29 is 9.47 Å². The van der Waals surface area contributed by atoms with Crippen LogP contribution in [0.3, 0.4) is 0 Å². The first-order chi connectivity index (χ1) is 10.3. The number of pyridine rings is 1. The van der Waals surface area contributed by atoms with Crippen LogP contribution in [0.25, 0.3) is 11.2 Å². The molecule has 0 radical (unpaired) electrons. The van der Waals surface area contributed by atoms with Gasteiger partial charge in [-0.05, 0) is 30.4 Å².